The van der Waals surface area contributed by atoms with Gasteiger partial charge in [0.05, 0.1) is 0 Å². The van der Waals surface area contributed by atoms with E-state index in [0.29, 0.717) is 11.3 Å². The summed E-state index contributed by atoms with van der Waals surface area (Å²) in [7, 11) is 0. The Balaban J connectivity index is 2.26. The summed E-state index contributed by atoms with van der Waals surface area (Å²) in [5.74, 6) is 1.21. The van der Waals surface area contributed by atoms with Crippen LogP contribution in [0.3, 0.4) is 0 Å². The van der Waals surface area contributed by atoms with E-state index in [0.717, 1.165) is 11.0 Å². The molecular weight excluding hydrogens is 308 g/mol. The van der Waals surface area contributed by atoms with Crippen molar-refractivity contribution in [2.75, 3.05) is 17.2 Å². The topological polar surface area (TPSA) is 29.3 Å². The maximum Gasteiger partial charge on any atom is 0.0380 e. The van der Waals surface area contributed by atoms with E-state index in [1.165, 1.54) is 17.0 Å². The molecule has 1 saturated heterocycles. The normalized spacial score (nSPS) is 26.2. The highest BCUT2D eigenvalue weighted by Crippen LogP contribution is 2.32. The molecule has 2 nitrogen and oxygen atoms in total. The molecule has 3 atom stereocenters. The van der Waals surface area contributed by atoms with Crippen molar-refractivity contribution in [1.29, 1.82) is 0 Å². The second kappa shape index (κ2) is 5.85. The quantitative estimate of drug-likeness (QED) is 0.895. The number of rotatable bonds is 2. The maximum absolute atomic E-state index is 5.95. The summed E-state index contributed by atoms with van der Waals surface area (Å²) in [4.78, 5) is 2.50. The molecule has 1 aromatic rings. The SMILES string of the molecule is CC1SCCN(c2ccc([C@@H](C)N)c(Br)c2)C1C. The van der Waals surface area contributed by atoms with E-state index in [4.69, 9.17) is 5.73 Å². The molecule has 1 heterocycles. The third-order valence-electron chi connectivity index (χ3n) is 3.69. The molecule has 1 aliphatic heterocycles. The minimum atomic E-state index is 0.0710. The summed E-state index contributed by atoms with van der Waals surface area (Å²) in [5, 5.41) is 0.686. The summed E-state index contributed by atoms with van der Waals surface area (Å²) < 4.78 is 1.12. The van der Waals surface area contributed by atoms with E-state index in [-0.39, 0.29) is 6.04 Å². The molecule has 2 rings (SSSR count). The van der Waals surface area contributed by atoms with Crippen molar-refractivity contribution in [1.82, 2.24) is 0 Å². The van der Waals surface area contributed by atoms with Crippen LogP contribution in [0.15, 0.2) is 22.7 Å². The van der Waals surface area contributed by atoms with E-state index in [1.54, 1.807) is 0 Å². The second-order valence-corrected chi connectivity index (χ2v) is 7.34. The molecule has 1 aliphatic rings. The fourth-order valence-corrected chi connectivity index (χ4v) is 4.19. The predicted molar refractivity (Wildman–Crippen MR) is 85.5 cm³/mol. The highest BCUT2D eigenvalue weighted by atomic mass is 79.9. The van der Waals surface area contributed by atoms with Crippen molar-refractivity contribution >= 4 is 33.4 Å². The molecule has 0 bridgehead atoms. The van der Waals surface area contributed by atoms with E-state index < -0.39 is 0 Å². The number of halogens is 1. The van der Waals surface area contributed by atoms with Gasteiger partial charge in [-0.15, -0.1) is 0 Å². The van der Waals surface area contributed by atoms with Crippen LogP contribution in [0.1, 0.15) is 32.4 Å². The molecule has 0 aromatic heterocycles. The summed E-state index contributed by atoms with van der Waals surface area (Å²) in [6, 6.07) is 7.20. The van der Waals surface area contributed by atoms with E-state index >= 15 is 0 Å². The van der Waals surface area contributed by atoms with Crippen LogP contribution >= 0.6 is 27.7 Å². The Morgan fingerprint density at radius 3 is 2.78 bits per heavy atom. The first-order valence-corrected chi connectivity index (χ1v) is 8.28. The fraction of sp³-hybridized carbons (Fsp3) is 0.571. The van der Waals surface area contributed by atoms with E-state index in [1.807, 2.05) is 6.92 Å². The van der Waals surface area contributed by atoms with Gasteiger partial charge in [-0.2, -0.15) is 11.8 Å². The molecule has 1 fully saturated rings. The van der Waals surface area contributed by atoms with E-state index in [9.17, 15) is 0 Å². The molecule has 2 N–H and O–H groups in total. The Morgan fingerprint density at radius 2 is 2.17 bits per heavy atom. The maximum atomic E-state index is 5.95. The summed E-state index contributed by atoms with van der Waals surface area (Å²) >= 11 is 5.70. The monoisotopic (exact) mass is 328 g/mol. The molecule has 1 aromatic carbocycles. The number of anilines is 1. The average Bonchev–Trinajstić information content (AvgIpc) is 2.32. The number of nitrogens with zero attached hydrogens (tertiary/aromatic N) is 1. The Labute approximate surface area is 122 Å². The Kier molecular flexibility index (Phi) is 4.62. The minimum Gasteiger partial charge on any atom is -0.367 e. The van der Waals surface area contributed by atoms with Crippen molar-refractivity contribution in [3.63, 3.8) is 0 Å². The molecule has 18 heavy (non-hydrogen) atoms. The molecular formula is C14H21BrN2S. The van der Waals surface area contributed by atoms with Gasteiger partial charge in [-0.1, -0.05) is 28.9 Å². The van der Waals surface area contributed by atoms with Gasteiger partial charge in [0, 0.05) is 39.8 Å². The van der Waals surface area contributed by atoms with Crippen LogP contribution in [0.25, 0.3) is 0 Å². The summed E-state index contributed by atoms with van der Waals surface area (Å²) in [6.45, 7) is 7.76. The van der Waals surface area contributed by atoms with Gasteiger partial charge in [-0.25, -0.2) is 0 Å². The Hall–Kier alpha value is -0.190. The van der Waals surface area contributed by atoms with Crippen molar-refractivity contribution in [2.45, 2.75) is 38.1 Å². The number of benzene rings is 1. The lowest BCUT2D eigenvalue weighted by Gasteiger charge is -2.39. The van der Waals surface area contributed by atoms with Gasteiger partial charge in [0.2, 0.25) is 0 Å². The third kappa shape index (κ3) is 2.86. The lowest BCUT2D eigenvalue weighted by molar-refractivity contribution is 0.627. The molecule has 0 amide bonds. The van der Waals surface area contributed by atoms with Gasteiger partial charge in [0.1, 0.15) is 0 Å². The van der Waals surface area contributed by atoms with Crippen LogP contribution in [0, 0.1) is 0 Å². The van der Waals surface area contributed by atoms with Crippen molar-refractivity contribution in [3.8, 4) is 0 Å². The number of hydrogen-bond acceptors (Lipinski definition) is 3. The predicted octanol–water partition coefficient (Wildman–Crippen LogP) is 3.80. The van der Waals surface area contributed by atoms with Gasteiger partial charge in [-0.3, -0.25) is 0 Å². The molecule has 0 aliphatic carbocycles. The lowest BCUT2D eigenvalue weighted by Crippen LogP contribution is -2.44. The minimum absolute atomic E-state index is 0.0710. The zero-order chi connectivity index (χ0) is 13.3. The smallest absolute Gasteiger partial charge is 0.0380 e. The second-order valence-electron chi connectivity index (χ2n) is 5.00. The molecule has 0 spiro atoms. The highest BCUT2D eigenvalue weighted by Gasteiger charge is 2.25. The van der Waals surface area contributed by atoms with Gasteiger partial charge >= 0.3 is 0 Å². The molecule has 4 heteroatoms. The van der Waals surface area contributed by atoms with Crippen molar-refractivity contribution in [2.24, 2.45) is 5.73 Å². The van der Waals surface area contributed by atoms with Crippen LogP contribution in [0.2, 0.25) is 0 Å². The molecule has 100 valence electrons. The van der Waals surface area contributed by atoms with Crippen LogP contribution in [0.4, 0.5) is 5.69 Å². The lowest BCUT2D eigenvalue weighted by atomic mass is 10.1. The standard InChI is InChI=1S/C14H21BrN2S/c1-9(16)13-5-4-12(8-14(13)15)17-6-7-18-11(3)10(17)2/h4-5,8-11H,6-7,16H2,1-3H3/t9-,10?,11?/m1/s1. The van der Waals surface area contributed by atoms with Crippen LogP contribution in [-0.4, -0.2) is 23.6 Å². The molecule has 2 unspecified atom stereocenters. The van der Waals surface area contributed by atoms with Crippen molar-refractivity contribution in [3.05, 3.63) is 28.2 Å². The first-order chi connectivity index (χ1) is 8.50. The first-order valence-electron chi connectivity index (χ1n) is 6.44. The van der Waals surface area contributed by atoms with E-state index in [2.05, 4.69) is 64.6 Å². The number of hydrogen-bond donors (Lipinski definition) is 1. The van der Waals surface area contributed by atoms with Crippen LogP contribution in [0.5, 0.6) is 0 Å². The van der Waals surface area contributed by atoms with Gasteiger partial charge in [-0.05, 0) is 31.5 Å². The first kappa shape index (κ1) is 14.2. The largest absolute Gasteiger partial charge is 0.367 e. The van der Waals surface area contributed by atoms with Gasteiger partial charge in [0.15, 0.2) is 0 Å². The zero-order valence-electron chi connectivity index (χ0n) is 11.2. The highest BCUT2D eigenvalue weighted by molar-refractivity contribution is 9.10. The zero-order valence-corrected chi connectivity index (χ0v) is 13.6. The summed E-state index contributed by atoms with van der Waals surface area (Å²) in [6.07, 6.45) is 0. The third-order valence-corrected chi connectivity index (χ3v) is 5.71. The number of nitrogens with two attached hydrogens (primary N) is 1. The summed E-state index contributed by atoms with van der Waals surface area (Å²) in [5.41, 5.74) is 8.41. The number of thioether (sulfide) groups is 1. The Bertz CT molecular complexity index is 422. The molecule has 0 radical (unpaired) electrons. The van der Waals surface area contributed by atoms with Crippen molar-refractivity contribution < 1.29 is 0 Å². The Morgan fingerprint density at radius 1 is 1.44 bits per heavy atom. The average molecular weight is 329 g/mol. The fourth-order valence-electron chi connectivity index (χ4n) is 2.36. The van der Waals surface area contributed by atoms with Gasteiger partial charge in [0.25, 0.3) is 0 Å². The van der Waals surface area contributed by atoms with Crippen LogP contribution in [-0.2, 0) is 0 Å². The van der Waals surface area contributed by atoms with Gasteiger partial charge < -0.3 is 10.6 Å². The van der Waals surface area contributed by atoms with Crippen LogP contribution < -0.4 is 10.6 Å². The molecule has 0 saturated carbocycles.